The lowest BCUT2D eigenvalue weighted by atomic mass is 10.1. The zero-order valence-corrected chi connectivity index (χ0v) is 18.4. The van der Waals surface area contributed by atoms with E-state index in [9.17, 15) is 0 Å². The minimum Gasteiger partial charge on any atom is -0.409 e. The third kappa shape index (κ3) is 5.92. The Morgan fingerprint density at radius 1 is 1.08 bits per heavy atom. The smallest absolute Gasteiger partial charge is 0.190 e. The quantitative estimate of drug-likeness (QED) is 0.430. The van der Waals surface area contributed by atoms with Crippen LogP contribution in [-0.4, -0.2) is 20.9 Å². The Labute approximate surface area is 158 Å². The summed E-state index contributed by atoms with van der Waals surface area (Å²) < 4.78 is 6.67. The fraction of sp³-hybridized carbons (Fsp3) is 0.667. The second-order valence-corrected chi connectivity index (χ2v) is 12.9. The van der Waals surface area contributed by atoms with Crippen molar-refractivity contribution in [2.24, 2.45) is 5.92 Å². The van der Waals surface area contributed by atoms with E-state index in [-0.39, 0.29) is 6.10 Å². The first-order valence-electron chi connectivity index (χ1n) is 8.61. The fourth-order valence-corrected chi connectivity index (χ4v) is 5.91. The van der Waals surface area contributed by atoms with Gasteiger partial charge in [-0.2, -0.15) is 0 Å². The molecule has 0 saturated carbocycles. The van der Waals surface area contributed by atoms with Gasteiger partial charge in [-0.1, -0.05) is 57.8 Å². The Morgan fingerprint density at radius 3 is 2.00 bits per heavy atom. The van der Waals surface area contributed by atoms with Gasteiger partial charge in [0.2, 0.25) is 0 Å². The lowest BCUT2D eigenvalue weighted by Gasteiger charge is -2.36. The molecule has 1 rings (SSSR count). The van der Waals surface area contributed by atoms with Crippen LogP contribution in [0.5, 0.6) is 0 Å². The molecule has 3 nitrogen and oxygen atoms in total. The van der Waals surface area contributed by atoms with Crippen LogP contribution in [0.3, 0.4) is 0 Å². The number of nitrogens with one attached hydrogen (secondary N) is 1. The van der Waals surface area contributed by atoms with Crippen molar-refractivity contribution >= 4 is 37.2 Å². The van der Waals surface area contributed by atoms with Gasteiger partial charge in [0.15, 0.2) is 8.32 Å². The Hall–Kier alpha value is -0.263. The van der Waals surface area contributed by atoms with Crippen LogP contribution in [0, 0.1) is 5.92 Å². The van der Waals surface area contributed by atoms with Crippen molar-refractivity contribution in [1.82, 2.24) is 5.32 Å². The summed E-state index contributed by atoms with van der Waals surface area (Å²) >= 11 is 12.5. The Kier molecular flexibility index (Phi) is 8.08. The van der Waals surface area contributed by atoms with E-state index in [1.807, 2.05) is 12.1 Å². The molecular weight excluding hydrogens is 359 g/mol. The number of anilines is 1. The summed E-state index contributed by atoms with van der Waals surface area (Å²) in [5.41, 5.74) is 7.81. The molecule has 0 heterocycles. The monoisotopic (exact) mass is 390 g/mol. The predicted octanol–water partition coefficient (Wildman–Crippen LogP) is 5.88. The first kappa shape index (κ1) is 21.8. The zero-order chi connectivity index (χ0) is 18.7. The van der Waals surface area contributed by atoms with Gasteiger partial charge in [0.1, 0.15) is 0 Å². The summed E-state index contributed by atoms with van der Waals surface area (Å²) in [5, 5.41) is 4.43. The summed E-state index contributed by atoms with van der Waals surface area (Å²) in [4.78, 5) is 0. The third-order valence-corrected chi connectivity index (χ3v) is 9.10. The van der Waals surface area contributed by atoms with Crippen molar-refractivity contribution in [3.63, 3.8) is 0 Å². The second-order valence-electron chi connectivity index (χ2n) is 7.70. The van der Waals surface area contributed by atoms with Crippen LogP contribution < -0.4 is 11.1 Å². The molecule has 2 unspecified atom stereocenters. The molecule has 2 atom stereocenters. The van der Waals surface area contributed by atoms with E-state index in [0.717, 1.165) is 12.1 Å². The predicted molar refractivity (Wildman–Crippen MR) is 110 cm³/mol. The first-order chi connectivity index (χ1) is 11.0. The average Bonchev–Trinajstić information content (AvgIpc) is 2.47. The SMILES string of the molecule is CC(C)NCC(O[Si](C)(C)C(C)C(C)C)c1cc(Cl)c(N)c(Cl)c1. The number of rotatable bonds is 8. The molecule has 0 radical (unpaired) electrons. The average molecular weight is 391 g/mol. The molecule has 0 aliphatic heterocycles. The van der Waals surface area contributed by atoms with Crippen LogP contribution in [-0.2, 0) is 4.43 Å². The summed E-state index contributed by atoms with van der Waals surface area (Å²) in [6, 6.07) is 4.13. The van der Waals surface area contributed by atoms with Crippen molar-refractivity contribution in [2.45, 2.75) is 65.4 Å². The molecule has 0 fully saturated rings. The number of benzene rings is 1. The molecule has 0 aromatic heterocycles. The molecule has 0 aliphatic carbocycles. The molecule has 0 spiro atoms. The molecule has 138 valence electrons. The van der Waals surface area contributed by atoms with Gasteiger partial charge in [-0.15, -0.1) is 0 Å². The number of hydrogen-bond acceptors (Lipinski definition) is 3. The molecule has 0 amide bonds. The third-order valence-electron chi connectivity index (χ3n) is 4.73. The van der Waals surface area contributed by atoms with Crippen LogP contribution >= 0.6 is 23.2 Å². The van der Waals surface area contributed by atoms with Crippen LogP contribution in [0.4, 0.5) is 5.69 Å². The van der Waals surface area contributed by atoms with E-state index in [1.54, 1.807) is 0 Å². The van der Waals surface area contributed by atoms with Gasteiger partial charge >= 0.3 is 0 Å². The van der Waals surface area contributed by atoms with Gasteiger partial charge in [0.25, 0.3) is 0 Å². The Bertz CT molecular complexity index is 527. The number of halogens is 2. The molecule has 24 heavy (non-hydrogen) atoms. The van der Waals surface area contributed by atoms with Crippen LogP contribution in [0.2, 0.25) is 28.7 Å². The molecule has 1 aromatic rings. The van der Waals surface area contributed by atoms with E-state index >= 15 is 0 Å². The van der Waals surface area contributed by atoms with Gasteiger partial charge in [-0.3, -0.25) is 0 Å². The summed E-state index contributed by atoms with van der Waals surface area (Å²) in [6.07, 6.45) is -0.0918. The maximum absolute atomic E-state index is 6.67. The Balaban J connectivity index is 3.13. The largest absolute Gasteiger partial charge is 0.409 e. The molecule has 3 N–H and O–H groups in total. The van der Waals surface area contributed by atoms with Gasteiger partial charge in [0, 0.05) is 12.6 Å². The summed E-state index contributed by atoms with van der Waals surface area (Å²) in [6.45, 7) is 16.3. The summed E-state index contributed by atoms with van der Waals surface area (Å²) in [5.74, 6) is 0.587. The van der Waals surface area contributed by atoms with E-state index < -0.39 is 8.32 Å². The molecule has 0 bridgehead atoms. The zero-order valence-electron chi connectivity index (χ0n) is 15.9. The van der Waals surface area contributed by atoms with E-state index in [4.69, 9.17) is 33.4 Å². The number of nitrogen functional groups attached to an aromatic ring is 1. The van der Waals surface area contributed by atoms with Gasteiger partial charge < -0.3 is 15.5 Å². The highest BCUT2D eigenvalue weighted by Crippen LogP contribution is 2.37. The first-order valence-corrected chi connectivity index (χ1v) is 12.4. The fourth-order valence-electron chi connectivity index (χ4n) is 2.64. The minimum atomic E-state index is -1.89. The van der Waals surface area contributed by atoms with E-state index in [2.05, 4.69) is 53.0 Å². The minimum absolute atomic E-state index is 0.0918. The highest BCUT2D eigenvalue weighted by atomic mass is 35.5. The molecular formula is C18H32Cl2N2OSi. The van der Waals surface area contributed by atoms with Gasteiger partial charge in [-0.25, -0.2) is 0 Å². The number of nitrogens with two attached hydrogens (primary N) is 1. The topological polar surface area (TPSA) is 47.3 Å². The molecule has 0 saturated heterocycles. The highest BCUT2D eigenvalue weighted by Gasteiger charge is 2.35. The van der Waals surface area contributed by atoms with E-state index in [0.29, 0.717) is 33.2 Å². The van der Waals surface area contributed by atoms with E-state index in [1.165, 1.54) is 0 Å². The van der Waals surface area contributed by atoms with Crippen LogP contribution in [0.1, 0.15) is 46.3 Å². The van der Waals surface area contributed by atoms with Gasteiger partial charge in [-0.05, 0) is 42.2 Å². The summed E-state index contributed by atoms with van der Waals surface area (Å²) in [7, 11) is -1.89. The highest BCUT2D eigenvalue weighted by molar-refractivity contribution is 6.72. The van der Waals surface area contributed by atoms with Gasteiger partial charge in [0.05, 0.1) is 21.8 Å². The molecule has 0 aliphatic rings. The lowest BCUT2D eigenvalue weighted by Crippen LogP contribution is -2.41. The van der Waals surface area contributed by atoms with Crippen molar-refractivity contribution in [2.75, 3.05) is 12.3 Å². The van der Waals surface area contributed by atoms with Crippen molar-refractivity contribution in [3.05, 3.63) is 27.7 Å². The Morgan fingerprint density at radius 2 is 1.58 bits per heavy atom. The lowest BCUT2D eigenvalue weighted by molar-refractivity contribution is 0.180. The number of hydrogen-bond donors (Lipinski definition) is 2. The molecule has 1 aromatic carbocycles. The van der Waals surface area contributed by atoms with Crippen LogP contribution in [0.15, 0.2) is 12.1 Å². The maximum Gasteiger partial charge on any atom is 0.190 e. The van der Waals surface area contributed by atoms with Crippen LogP contribution in [0.25, 0.3) is 0 Å². The normalized spacial score (nSPS) is 15.1. The maximum atomic E-state index is 6.67. The van der Waals surface area contributed by atoms with Crippen molar-refractivity contribution in [3.8, 4) is 0 Å². The van der Waals surface area contributed by atoms with Crippen molar-refractivity contribution in [1.29, 1.82) is 0 Å². The standard InChI is InChI=1S/C18H32Cl2N2OSi/c1-11(2)13(5)24(6,7)23-17(10-22-12(3)4)14-8-15(19)18(21)16(20)9-14/h8-9,11-13,17,22H,10,21H2,1-7H3. The van der Waals surface area contributed by atoms with Crippen molar-refractivity contribution < 1.29 is 4.43 Å². The second kappa shape index (κ2) is 8.90. The molecule has 6 heteroatoms.